The summed E-state index contributed by atoms with van der Waals surface area (Å²) in [5, 5.41) is 0. The largest absolute Gasteiger partial charge is 0.327 e. The summed E-state index contributed by atoms with van der Waals surface area (Å²) in [6, 6.07) is 2.50. The molecule has 0 aliphatic carbocycles. The highest BCUT2D eigenvalue weighted by Gasteiger charge is 2.22. The van der Waals surface area contributed by atoms with E-state index in [1.165, 1.54) is 5.56 Å². The molecule has 0 bridgehead atoms. The van der Waals surface area contributed by atoms with Crippen molar-refractivity contribution in [2.24, 2.45) is 11.7 Å². The van der Waals surface area contributed by atoms with Crippen molar-refractivity contribution in [3.05, 3.63) is 28.5 Å². The zero-order valence-corrected chi connectivity index (χ0v) is 11.2. The van der Waals surface area contributed by atoms with Gasteiger partial charge in [0.05, 0.1) is 0 Å². The highest BCUT2D eigenvalue weighted by molar-refractivity contribution is 9.10. The molecule has 2 rings (SSSR count). The minimum absolute atomic E-state index is 0.372. The van der Waals surface area contributed by atoms with Crippen LogP contribution in [0, 0.1) is 5.92 Å². The molecule has 88 valence electrons. The number of piperidine rings is 1. The van der Waals surface area contributed by atoms with Gasteiger partial charge in [-0.2, -0.15) is 0 Å². The van der Waals surface area contributed by atoms with E-state index in [1.807, 2.05) is 12.4 Å². The Morgan fingerprint density at radius 2 is 2.38 bits per heavy atom. The van der Waals surface area contributed by atoms with Gasteiger partial charge in [0.25, 0.3) is 0 Å². The van der Waals surface area contributed by atoms with Gasteiger partial charge in [-0.05, 0) is 46.4 Å². The lowest BCUT2D eigenvalue weighted by molar-refractivity contribution is 0.157. The molecule has 1 fully saturated rings. The lowest BCUT2D eigenvalue weighted by atomic mass is 9.94. The topological polar surface area (TPSA) is 42.2 Å². The number of hydrogen-bond donors (Lipinski definition) is 1. The second-order valence-electron chi connectivity index (χ2n) is 4.68. The highest BCUT2D eigenvalue weighted by Crippen LogP contribution is 2.18. The molecule has 0 radical (unpaired) electrons. The Kier molecular flexibility index (Phi) is 3.95. The summed E-state index contributed by atoms with van der Waals surface area (Å²) < 4.78 is 1.05. The standard InChI is InChI=1S/C12H18BrN3/c1-9-7-16(3-2-12(9)14)8-10-4-11(13)6-15-5-10/h4-6,9,12H,2-3,7-8,14H2,1H3. The smallest absolute Gasteiger partial charge is 0.0410 e. The van der Waals surface area contributed by atoms with Crippen LogP contribution in [-0.2, 0) is 6.54 Å². The number of halogens is 1. The summed E-state index contributed by atoms with van der Waals surface area (Å²) in [7, 11) is 0. The molecule has 1 aliphatic rings. The third kappa shape index (κ3) is 3.03. The maximum atomic E-state index is 6.01. The summed E-state index contributed by atoms with van der Waals surface area (Å²) >= 11 is 3.45. The predicted molar refractivity (Wildman–Crippen MR) is 69.0 cm³/mol. The third-order valence-electron chi connectivity index (χ3n) is 3.22. The van der Waals surface area contributed by atoms with E-state index in [4.69, 9.17) is 5.73 Å². The fourth-order valence-electron chi connectivity index (χ4n) is 2.19. The van der Waals surface area contributed by atoms with Crippen LogP contribution in [0.5, 0.6) is 0 Å². The van der Waals surface area contributed by atoms with E-state index in [9.17, 15) is 0 Å². The van der Waals surface area contributed by atoms with E-state index in [0.29, 0.717) is 12.0 Å². The van der Waals surface area contributed by atoms with Crippen molar-refractivity contribution in [2.75, 3.05) is 13.1 Å². The minimum atomic E-state index is 0.372. The Labute approximate surface area is 105 Å². The summed E-state index contributed by atoms with van der Waals surface area (Å²) in [6.07, 6.45) is 4.85. The van der Waals surface area contributed by atoms with E-state index in [0.717, 1.165) is 30.5 Å². The Morgan fingerprint density at radius 3 is 3.06 bits per heavy atom. The van der Waals surface area contributed by atoms with E-state index in [-0.39, 0.29) is 0 Å². The average Bonchev–Trinajstić information content (AvgIpc) is 2.24. The van der Waals surface area contributed by atoms with Gasteiger partial charge in [-0.1, -0.05) is 6.92 Å². The molecule has 2 atom stereocenters. The number of rotatable bonds is 2. The molecule has 1 aromatic rings. The van der Waals surface area contributed by atoms with Gasteiger partial charge in [-0.25, -0.2) is 0 Å². The number of aromatic nitrogens is 1. The average molecular weight is 284 g/mol. The zero-order chi connectivity index (χ0) is 11.5. The molecule has 2 unspecified atom stereocenters. The normalized spacial score (nSPS) is 26.9. The third-order valence-corrected chi connectivity index (χ3v) is 3.66. The Hall–Kier alpha value is -0.450. The van der Waals surface area contributed by atoms with E-state index >= 15 is 0 Å². The first kappa shape index (κ1) is 12.0. The predicted octanol–water partition coefficient (Wildman–Crippen LogP) is 2.01. The van der Waals surface area contributed by atoms with Crippen LogP contribution in [0.3, 0.4) is 0 Å². The van der Waals surface area contributed by atoms with Crippen molar-refractivity contribution in [3.63, 3.8) is 0 Å². The number of nitrogens with zero attached hydrogens (tertiary/aromatic N) is 2. The summed E-state index contributed by atoms with van der Waals surface area (Å²) in [5.41, 5.74) is 7.27. The lowest BCUT2D eigenvalue weighted by Crippen LogP contribution is -2.45. The number of hydrogen-bond acceptors (Lipinski definition) is 3. The van der Waals surface area contributed by atoms with Gasteiger partial charge in [-0.3, -0.25) is 9.88 Å². The molecule has 4 heteroatoms. The lowest BCUT2D eigenvalue weighted by Gasteiger charge is -2.35. The number of nitrogens with two attached hydrogens (primary N) is 1. The zero-order valence-electron chi connectivity index (χ0n) is 9.56. The Morgan fingerprint density at radius 1 is 1.56 bits per heavy atom. The van der Waals surface area contributed by atoms with Crippen molar-refractivity contribution in [3.8, 4) is 0 Å². The summed E-state index contributed by atoms with van der Waals surface area (Å²) in [5.74, 6) is 0.592. The van der Waals surface area contributed by atoms with E-state index in [2.05, 4.69) is 38.8 Å². The van der Waals surface area contributed by atoms with Crippen LogP contribution in [0.4, 0.5) is 0 Å². The van der Waals surface area contributed by atoms with Gasteiger partial charge in [-0.15, -0.1) is 0 Å². The molecular weight excluding hydrogens is 266 g/mol. The van der Waals surface area contributed by atoms with Gasteiger partial charge in [0.15, 0.2) is 0 Å². The monoisotopic (exact) mass is 283 g/mol. The maximum absolute atomic E-state index is 6.01. The number of likely N-dealkylation sites (tertiary alicyclic amines) is 1. The van der Waals surface area contributed by atoms with Gasteiger partial charge in [0.1, 0.15) is 0 Å². The molecule has 3 nitrogen and oxygen atoms in total. The van der Waals surface area contributed by atoms with Crippen molar-refractivity contribution < 1.29 is 0 Å². The molecule has 2 N–H and O–H groups in total. The first-order valence-corrected chi connectivity index (χ1v) is 6.52. The second-order valence-corrected chi connectivity index (χ2v) is 5.59. The molecule has 16 heavy (non-hydrogen) atoms. The van der Waals surface area contributed by atoms with Crippen LogP contribution >= 0.6 is 15.9 Å². The molecule has 1 saturated heterocycles. The van der Waals surface area contributed by atoms with Crippen molar-refractivity contribution in [1.82, 2.24) is 9.88 Å². The first-order chi connectivity index (χ1) is 7.65. The van der Waals surface area contributed by atoms with Crippen LogP contribution in [-0.4, -0.2) is 29.0 Å². The SMILES string of the molecule is CC1CN(Cc2cncc(Br)c2)CCC1N. The fourth-order valence-corrected chi connectivity index (χ4v) is 2.61. The quantitative estimate of drug-likeness (QED) is 0.903. The molecular formula is C12H18BrN3. The van der Waals surface area contributed by atoms with Crippen molar-refractivity contribution >= 4 is 15.9 Å². The summed E-state index contributed by atoms with van der Waals surface area (Å²) in [6.45, 7) is 5.39. The maximum Gasteiger partial charge on any atom is 0.0410 e. The van der Waals surface area contributed by atoms with Crippen LogP contribution in [0.25, 0.3) is 0 Å². The molecule has 0 spiro atoms. The molecule has 0 aromatic carbocycles. The van der Waals surface area contributed by atoms with E-state index in [1.54, 1.807) is 0 Å². The van der Waals surface area contributed by atoms with Crippen LogP contribution in [0.1, 0.15) is 18.9 Å². The van der Waals surface area contributed by atoms with Crippen molar-refractivity contribution in [1.29, 1.82) is 0 Å². The Balaban J connectivity index is 1.95. The molecule has 1 aromatic heterocycles. The van der Waals surface area contributed by atoms with Crippen molar-refractivity contribution in [2.45, 2.75) is 25.9 Å². The Bertz CT molecular complexity index is 356. The van der Waals surface area contributed by atoms with Crippen LogP contribution in [0.2, 0.25) is 0 Å². The molecule has 0 saturated carbocycles. The molecule has 0 amide bonds. The minimum Gasteiger partial charge on any atom is -0.327 e. The van der Waals surface area contributed by atoms with Crippen LogP contribution in [0.15, 0.2) is 22.9 Å². The molecule has 2 heterocycles. The van der Waals surface area contributed by atoms with Gasteiger partial charge < -0.3 is 5.73 Å². The van der Waals surface area contributed by atoms with Crippen LogP contribution < -0.4 is 5.73 Å². The highest BCUT2D eigenvalue weighted by atomic mass is 79.9. The van der Waals surface area contributed by atoms with Gasteiger partial charge >= 0.3 is 0 Å². The fraction of sp³-hybridized carbons (Fsp3) is 0.583. The van der Waals surface area contributed by atoms with Gasteiger partial charge in [0.2, 0.25) is 0 Å². The van der Waals surface area contributed by atoms with Gasteiger partial charge in [0, 0.05) is 36.0 Å². The van der Waals surface area contributed by atoms with E-state index < -0.39 is 0 Å². The second kappa shape index (κ2) is 5.25. The molecule has 1 aliphatic heterocycles. The first-order valence-electron chi connectivity index (χ1n) is 5.72. The summed E-state index contributed by atoms with van der Waals surface area (Å²) in [4.78, 5) is 6.64. The number of pyridine rings is 1.